The maximum Gasteiger partial charge on any atom is 0.341 e. The van der Waals surface area contributed by atoms with Crippen molar-refractivity contribution in [2.24, 2.45) is 7.05 Å². The molecule has 2 aromatic heterocycles. The molecule has 9 nitrogen and oxygen atoms in total. The second kappa shape index (κ2) is 8.54. The van der Waals surface area contributed by atoms with Gasteiger partial charge in [-0.15, -0.1) is 0 Å². The van der Waals surface area contributed by atoms with Crippen LogP contribution in [0.3, 0.4) is 0 Å². The first-order valence-electron chi connectivity index (χ1n) is 10.1. The average molecular weight is 434 g/mol. The molecule has 0 bridgehead atoms. The molecule has 0 fully saturated rings. The second-order valence-corrected chi connectivity index (χ2v) is 7.23. The Kier molecular flexibility index (Phi) is 5.63. The second-order valence-electron chi connectivity index (χ2n) is 7.23. The number of fused-ring (bicyclic) bond motifs is 1. The van der Waals surface area contributed by atoms with Crippen molar-refractivity contribution in [3.05, 3.63) is 76.5 Å². The lowest BCUT2D eigenvalue weighted by Crippen LogP contribution is -2.34. The standard InChI is InChI=1S/C23H22N4O5/c1-4-17(32-23(30)16-11-8-12-18-20(16)24-13-31-18)21(28)25-19-14(2)26(3)27(22(19)29)15-9-6-5-7-10-15/h5-13,17H,4H2,1-3H3,(H,25,28). The van der Waals surface area contributed by atoms with Gasteiger partial charge in [-0.05, 0) is 37.6 Å². The number of benzene rings is 2. The van der Waals surface area contributed by atoms with Gasteiger partial charge in [0, 0.05) is 7.05 Å². The number of ether oxygens (including phenoxy) is 1. The lowest BCUT2D eigenvalue weighted by molar-refractivity contribution is -0.124. The fourth-order valence-electron chi connectivity index (χ4n) is 3.48. The van der Waals surface area contributed by atoms with Crippen molar-refractivity contribution in [1.29, 1.82) is 0 Å². The van der Waals surface area contributed by atoms with E-state index in [4.69, 9.17) is 9.15 Å². The highest BCUT2D eigenvalue weighted by Crippen LogP contribution is 2.20. The normalized spacial score (nSPS) is 12.0. The van der Waals surface area contributed by atoms with Crippen molar-refractivity contribution in [3.63, 3.8) is 0 Å². The van der Waals surface area contributed by atoms with Crippen LogP contribution in [0, 0.1) is 6.92 Å². The number of hydrogen-bond acceptors (Lipinski definition) is 6. The molecule has 1 atom stereocenters. The third kappa shape index (κ3) is 3.68. The quantitative estimate of drug-likeness (QED) is 0.467. The van der Waals surface area contributed by atoms with Crippen LogP contribution >= 0.6 is 0 Å². The van der Waals surface area contributed by atoms with Gasteiger partial charge < -0.3 is 14.5 Å². The minimum Gasteiger partial charge on any atom is -0.449 e. The summed E-state index contributed by atoms with van der Waals surface area (Å²) in [6.07, 6.45) is 0.376. The van der Waals surface area contributed by atoms with Crippen LogP contribution in [-0.2, 0) is 16.6 Å². The minimum absolute atomic E-state index is 0.134. The Morgan fingerprint density at radius 3 is 2.62 bits per heavy atom. The highest BCUT2D eigenvalue weighted by atomic mass is 16.5. The van der Waals surface area contributed by atoms with Crippen LogP contribution in [0.5, 0.6) is 0 Å². The molecule has 0 aliphatic carbocycles. The summed E-state index contributed by atoms with van der Waals surface area (Å²) in [4.78, 5) is 42.7. The van der Waals surface area contributed by atoms with Gasteiger partial charge in [0.05, 0.1) is 16.9 Å². The fraction of sp³-hybridized carbons (Fsp3) is 0.217. The third-order valence-electron chi connectivity index (χ3n) is 5.30. The number of aromatic nitrogens is 3. The number of para-hydroxylation sites is 2. The Morgan fingerprint density at radius 1 is 1.16 bits per heavy atom. The number of carbonyl (C=O) groups is 2. The number of nitrogens with one attached hydrogen (secondary N) is 1. The summed E-state index contributed by atoms with van der Waals surface area (Å²) in [5.74, 6) is -1.28. The first kappa shape index (κ1) is 21.1. The zero-order valence-corrected chi connectivity index (χ0v) is 17.9. The van der Waals surface area contributed by atoms with Gasteiger partial charge in [-0.1, -0.05) is 31.2 Å². The number of nitrogens with zero attached hydrogens (tertiary/aromatic N) is 3. The van der Waals surface area contributed by atoms with Crippen molar-refractivity contribution in [2.45, 2.75) is 26.4 Å². The van der Waals surface area contributed by atoms with E-state index >= 15 is 0 Å². The summed E-state index contributed by atoms with van der Waals surface area (Å²) < 4.78 is 13.8. The number of amides is 1. The van der Waals surface area contributed by atoms with Crippen molar-refractivity contribution in [3.8, 4) is 5.69 Å². The van der Waals surface area contributed by atoms with Gasteiger partial charge in [-0.2, -0.15) is 0 Å². The molecule has 9 heteroatoms. The fourth-order valence-corrected chi connectivity index (χ4v) is 3.48. The molecule has 2 aromatic carbocycles. The number of oxazole rings is 1. The first-order chi connectivity index (χ1) is 15.4. The van der Waals surface area contributed by atoms with Crippen molar-refractivity contribution < 1.29 is 18.7 Å². The van der Waals surface area contributed by atoms with Gasteiger partial charge >= 0.3 is 5.97 Å². The summed E-state index contributed by atoms with van der Waals surface area (Å²) in [5, 5.41) is 2.65. The molecule has 0 aliphatic rings. The Morgan fingerprint density at radius 2 is 1.91 bits per heavy atom. The van der Waals surface area contributed by atoms with Gasteiger partial charge in [0.25, 0.3) is 11.5 Å². The van der Waals surface area contributed by atoms with Crippen molar-refractivity contribution in [2.75, 3.05) is 5.32 Å². The van der Waals surface area contributed by atoms with E-state index in [0.29, 0.717) is 22.5 Å². The lowest BCUT2D eigenvalue weighted by Gasteiger charge is -2.15. The maximum atomic E-state index is 13.0. The van der Waals surface area contributed by atoms with Gasteiger partial charge in [0.15, 0.2) is 18.1 Å². The lowest BCUT2D eigenvalue weighted by atomic mass is 10.2. The van der Waals surface area contributed by atoms with E-state index < -0.39 is 18.0 Å². The van der Waals surface area contributed by atoms with E-state index in [9.17, 15) is 14.4 Å². The molecule has 0 saturated carbocycles. The molecule has 4 rings (SSSR count). The Labute approximate surface area is 183 Å². The zero-order chi connectivity index (χ0) is 22.8. The SMILES string of the molecule is CCC(OC(=O)c1cccc2ocnc12)C(=O)Nc1c(C)n(C)n(-c2ccccc2)c1=O. The summed E-state index contributed by atoms with van der Waals surface area (Å²) in [7, 11) is 1.73. The molecule has 32 heavy (non-hydrogen) atoms. The molecule has 4 aromatic rings. The van der Waals surface area contributed by atoms with Crippen LogP contribution in [-0.4, -0.2) is 32.3 Å². The molecule has 0 spiro atoms. The highest BCUT2D eigenvalue weighted by Gasteiger charge is 2.26. The van der Waals surface area contributed by atoms with E-state index in [-0.39, 0.29) is 23.2 Å². The molecular weight excluding hydrogens is 412 g/mol. The Hall–Kier alpha value is -4.14. The molecule has 1 amide bonds. The van der Waals surface area contributed by atoms with E-state index in [1.807, 2.05) is 18.2 Å². The van der Waals surface area contributed by atoms with Crippen LogP contribution < -0.4 is 10.9 Å². The summed E-state index contributed by atoms with van der Waals surface area (Å²) in [6, 6.07) is 14.0. The predicted octanol–water partition coefficient (Wildman–Crippen LogP) is 3.20. The molecular formula is C23H22N4O5. The van der Waals surface area contributed by atoms with E-state index in [0.717, 1.165) is 0 Å². The van der Waals surface area contributed by atoms with E-state index in [1.54, 1.807) is 55.9 Å². The Bertz CT molecular complexity index is 1350. The number of anilines is 1. The molecule has 1 unspecified atom stereocenters. The van der Waals surface area contributed by atoms with Crippen LogP contribution in [0.1, 0.15) is 29.4 Å². The van der Waals surface area contributed by atoms with Crippen molar-refractivity contribution >= 4 is 28.7 Å². The summed E-state index contributed by atoms with van der Waals surface area (Å²) in [5.41, 5.74) is 2.00. The number of rotatable bonds is 6. The number of carbonyl (C=O) groups excluding carboxylic acids is 2. The van der Waals surface area contributed by atoms with Gasteiger partial charge in [-0.3, -0.25) is 14.3 Å². The molecule has 0 saturated heterocycles. The third-order valence-corrected chi connectivity index (χ3v) is 5.30. The van der Waals surface area contributed by atoms with Crippen LogP contribution in [0.15, 0.2) is 64.1 Å². The van der Waals surface area contributed by atoms with Gasteiger partial charge in [0.2, 0.25) is 0 Å². The van der Waals surface area contributed by atoms with Gasteiger partial charge in [-0.25, -0.2) is 14.5 Å². The van der Waals surface area contributed by atoms with Crippen LogP contribution in [0.2, 0.25) is 0 Å². The predicted molar refractivity (Wildman–Crippen MR) is 118 cm³/mol. The van der Waals surface area contributed by atoms with Gasteiger partial charge in [0.1, 0.15) is 11.2 Å². The molecule has 0 aliphatic heterocycles. The maximum absolute atomic E-state index is 13.0. The topological polar surface area (TPSA) is 108 Å². The zero-order valence-electron chi connectivity index (χ0n) is 17.9. The summed E-state index contributed by atoms with van der Waals surface area (Å²) in [6.45, 7) is 3.45. The van der Waals surface area contributed by atoms with Crippen molar-refractivity contribution in [1.82, 2.24) is 14.3 Å². The number of esters is 1. The largest absolute Gasteiger partial charge is 0.449 e. The molecule has 1 N–H and O–H groups in total. The number of hydrogen-bond donors (Lipinski definition) is 1. The van der Waals surface area contributed by atoms with E-state index in [1.165, 1.54) is 11.1 Å². The average Bonchev–Trinajstić information content (AvgIpc) is 3.36. The molecule has 0 radical (unpaired) electrons. The molecule has 164 valence electrons. The van der Waals surface area contributed by atoms with E-state index in [2.05, 4.69) is 10.3 Å². The first-order valence-corrected chi connectivity index (χ1v) is 10.1. The smallest absolute Gasteiger partial charge is 0.341 e. The Balaban J connectivity index is 1.57. The minimum atomic E-state index is -1.09. The highest BCUT2D eigenvalue weighted by molar-refractivity contribution is 6.03. The monoisotopic (exact) mass is 434 g/mol. The summed E-state index contributed by atoms with van der Waals surface area (Å²) >= 11 is 0. The van der Waals surface area contributed by atoms with Crippen LogP contribution in [0.25, 0.3) is 16.8 Å². The van der Waals surface area contributed by atoms with Crippen LogP contribution in [0.4, 0.5) is 5.69 Å². The molecule has 2 heterocycles.